The van der Waals surface area contributed by atoms with E-state index < -0.39 is 0 Å². The molecular formula is C10H15N. The van der Waals surface area contributed by atoms with E-state index in [1.807, 2.05) is 18.2 Å². The van der Waals surface area contributed by atoms with Crippen LogP contribution >= 0.6 is 0 Å². The van der Waals surface area contributed by atoms with Gasteiger partial charge in [-0.25, -0.2) is 0 Å². The standard InChI is InChI=1S/C10H15N/c1-3-5-9(4-2)6-10-7-11-8-10/h3-5,10-11H,1-2,6-8H2/b9-5+. The van der Waals surface area contributed by atoms with Crippen LogP contribution in [0, 0.1) is 5.92 Å². The lowest BCUT2D eigenvalue weighted by Gasteiger charge is -2.27. The average molecular weight is 149 g/mol. The normalized spacial score (nSPS) is 19.1. The molecule has 0 aromatic carbocycles. The second-order valence-corrected chi connectivity index (χ2v) is 2.91. The summed E-state index contributed by atoms with van der Waals surface area (Å²) in [7, 11) is 0. The molecule has 0 spiro atoms. The summed E-state index contributed by atoms with van der Waals surface area (Å²) in [5, 5.41) is 3.25. The maximum Gasteiger partial charge on any atom is -0.000506 e. The summed E-state index contributed by atoms with van der Waals surface area (Å²) in [5.74, 6) is 0.819. The minimum Gasteiger partial charge on any atom is -0.316 e. The van der Waals surface area contributed by atoms with E-state index in [1.165, 1.54) is 5.57 Å². The van der Waals surface area contributed by atoms with Gasteiger partial charge in [0.25, 0.3) is 0 Å². The summed E-state index contributed by atoms with van der Waals surface area (Å²) < 4.78 is 0. The van der Waals surface area contributed by atoms with Crippen molar-refractivity contribution in [2.24, 2.45) is 5.92 Å². The predicted octanol–water partition coefficient (Wildman–Crippen LogP) is 1.89. The van der Waals surface area contributed by atoms with Gasteiger partial charge in [0.2, 0.25) is 0 Å². The lowest BCUT2D eigenvalue weighted by Crippen LogP contribution is -2.41. The van der Waals surface area contributed by atoms with Gasteiger partial charge in [-0.2, -0.15) is 0 Å². The van der Waals surface area contributed by atoms with Crippen molar-refractivity contribution in [1.29, 1.82) is 0 Å². The zero-order valence-electron chi connectivity index (χ0n) is 6.84. The van der Waals surface area contributed by atoms with Crippen molar-refractivity contribution < 1.29 is 0 Å². The highest BCUT2D eigenvalue weighted by Crippen LogP contribution is 2.15. The van der Waals surface area contributed by atoms with Crippen LogP contribution in [-0.2, 0) is 0 Å². The fraction of sp³-hybridized carbons (Fsp3) is 0.400. The molecule has 1 nitrogen and oxygen atoms in total. The van der Waals surface area contributed by atoms with Crippen LogP contribution in [0.15, 0.2) is 37.0 Å². The minimum atomic E-state index is 0.819. The second-order valence-electron chi connectivity index (χ2n) is 2.91. The molecule has 0 radical (unpaired) electrons. The first-order chi connectivity index (χ1) is 5.36. The Balaban J connectivity index is 2.36. The summed E-state index contributed by atoms with van der Waals surface area (Å²) in [6, 6.07) is 0. The first kappa shape index (κ1) is 8.28. The molecule has 0 saturated carbocycles. The van der Waals surface area contributed by atoms with E-state index in [2.05, 4.69) is 18.5 Å². The van der Waals surface area contributed by atoms with Crippen molar-refractivity contribution in [2.75, 3.05) is 13.1 Å². The number of hydrogen-bond donors (Lipinski definition) is 1. The fourth-order valence-electron chi connectivity index (χ4n) is 1.20. The van der Waals surface area contributed by atoms with Crippen molar-refractivity contribution >= 4 is 0 Å². The lowest BCUT2D eigenvalue weighted by molar-refractivity contribution is 0.348. The predicted molar refractivity (Wildman–Crippen MR) is 49.5 cm³/mol. The molecule has 60 valence electrons. The third-order valence-corrected chi connectivity index (χ3v) is 1.98. The van der Waals surface area contributed by atoms with Gasteiger partial charge in [-0.1, -0.05) is 31.4 Å². The average Bonchev–Trinajstić information content (AvgIpc) is 1.94. The van der Waals surface area contributed by atoms with Gasteiger partial charge in [-0.3, -0.25) is 0 Å². The van der Waals surface area contributed by atoms with Crippen molar-refractivity contribution in [1.82, 2.24) is 5.32 Å². The van der Waals surface area contributed by atoms with Crippen LogP contribution < -0.4 is 5.32 Å². The van der Waals surface area contributed by atoms with Crippen LogP contribution in [0.3, 0.4) is 0 Å². The van der Waals surface area contributed by atoms with E-state index in [-0.39, 0.29) is 0 Å². The third-order valence-electron chi connectivity index (χ3n) is 1.98. The molecule has 1 fully saturated rings. The van der Waals surface area contributed by atoms with Crippen LogP contribution in [0.5, 0.6) is 0 Å². The number of rotatable bonds is 4. The number of nitrogens with one attached hydrogen (secondary N) is 1. The van der Waals surface area contributed by atoms with E-state index in [0.29, 0.717) is 0 Å². The zero-order chi connectivity index (χ0) is 8.10. The van der Waals surface area contributed by atoms with Crippen molar-refractivity contribution in [3.63, 3.8) is 0 Å². The Hall–Kier alpha value is -0.820. The van der Waals surface area contributed by atoms with Crippen molar-refractivity contribution in [3.8, 4) is 0 Å². The molecule has 1 heterocycles. The highest BCUT2D eigenvalue weighted by atomic mass is 14.9. The van der Waals surface area contributed by atoms with Crippen molar-refractivity contribution in [2.45, 2.75) is 6.42 Å². The van der Waals surface area contributed by atoms with E-state index in [9.17, 15) is 0 Å². The zero-order valence-corrected chi connectivity index (χ0v) is 6.84. The molecule has 0 amide bonds. The molecule has 0 aromatic heterocycles. The Morgan fingerprint density at radius 1 is 1.45 bits per heavy atom. The molecule has 1 rings (SSSR count). The van der Waals surface area contributed by atoms with Crippen LogP contribution in [0.1, 0.15) is 6.42 Å². The Bertz CT molecular complexity index is 175. The van der Waals surface area contributed by atoms with E-state index in [0.717, 1.165) is 25.4 Å². The van der Waals surface area contributed by atoms with Gasteiger partial charge >= 0.3 is 0 Å². The molecule has 0 atom stereocenters. The molecule has 1 N–H and O–H groups in total. The molecular weight excluding hydrogens is 134 g/mol. The van der Waals surface area contributed by atoms with Gasteiger partial charge < -0.3 is 5.32 Å². The molecule has 1 saturated heterocycles. The highest BCUT2D eigenvalue weighted by Gasteiger charge is 2.16. The maximum absolute atomic E-state index is 3.75. The molecule has 0 unspecified atom stereocenters. The van der Waals surface area contributed by atoms with Gasteiger partial charge in [-0.15, -0.1) is 0 Å². The Labute approximate surface area is 68.5 Å². The lowest BCUT2D eigenvalue weighted by atomic mass is 9.94. The molecule has 0 bridgehead atoms. The largest absolute Gasteiger partial charge is 0.316 e. The molecule has 0 aliphatic carbocycles. The van der Waals surface area contributed by atoms with Crippen LogP contribution in [-0.4, -0.2) is 13.1 Å². The summed E-state index contributed by atoms with van der Waals surface area (Å²) in [6.07, 6.45) is 6.91. The highest BCUT2D eigenvalue weighted by molar-refractivity contribution is 5.21. The van der Waals surface area contributed by atoms with Gasteiger partial charge in [0.05, 0.1) is 0 Å². The number of allylic oxidation sites excluding steroid dienone is 4. The summed E-state index contributed by atoms with van der Waals surface area (Å²) >= 11 is 0. The summed E-state index contributed by atoms with van der Waals surface area (Å²) in [4.78, 5) is 0. The van der Waals surface area contributed by atoms with Gasteiger partial charge in [-0.05, 0) is 31.0 Å². The molecule has 11 heavy (non-hydrogen) atoms. The SMILES string of the molecule is C=C/C=C(\C=C)CC1CNC1. The smallest absolute Gasteiger partial charge is 0.000506 e. The van der Waals surface area contributed by atoms with E-state index >= 15 is 0 Å². The van der Waals surface area contributed by atoms with Gasteiger partial charge in [0.1, 0.15) is 0 Å². The first-order valence-electron chi connectivity index (χ1n) is 4.01. The minimum absolute atomic E-state index is 0.819. The maximum atomic E-state index is 3.75. The van der Waals surface area contributed by atoms with E-state index in [4.69, 9.17) is 0 Å². The van der Waals surface area contributed by atoms with E-state index in [1.54, 1.807) is 0 Å². The second kappa shape index (κ2) is 4.14. The Morgan fingerprint density at radius 2 is 2.18 bits per heavy atom. The number of hydrogen-bond acceptors (Lipinski definition) is 1. The molecule has 1 aliphatic rings. The summed E-state index contributed by atoms with van der Waals surface area (Å²) in [5.41, 5.74) is 1.30. The third kappa shape index (κ3) is 2.35. The van der Waals surface area contributed by atoms with Gasteiger partial charge in [0.15, 0.2) is 0 Å². The first-order valence-corrected chi connectivity index (χ1v) is 4.01. The topological polar surface area (TPSA) is 12.0 Å². The van der Waals surface area contributed by atoms with Crippen LogP contribution in [0.2, 0.25) is 0 Å². The molecule has 1 heteroatoms. The Morgan fingerprint density at radius 3 is 2.55 bits per heavy atom. The van der Waals surface area contributed by atoms with Crippen LogP contribution in [0.4, 0.5) is 0 Å². The molecule has 1 aliphatic heterocycles. The fourth-order valence-corrected chi connectivity index (χ4v) is 1.20. The van der Waals surface area contributed by atoms with Gasteiger partial charge in [0, 0.05) is 0 Å². The quantitative estimate of drug-likeness (QED) is 0.602. The monoisotopic (exact) mass is 149 g/mol. The van der Waals surface area contributed by atoms with Crippen LogP contribution in [0.25, 0.3) is 0 Å². The molecule has 0 aromatic rings. The van der Waals surface area contributed by atoms with Crippen molar-refractivity contribution in [3.05, 3.63) is 37.0 Å². The Kier molecular flexibility index (Phi) is 3.12. The summed E-state index contributed by atoms with van der Waals surface area (Å²) in [6.45, 7) is 9.72.